The zero-order valence-electron chi connectivity index (χ0n) is 14.9. The Bertz CT molecular complexity index is 588. The lowest BCUT2D eigenvalue weighted by Gasteiger charge is -2.01. The number of Topliss-reactive ketones (excluding diaryl/α,β-unsaturated/α-hetero) is 6. The molecule has 0 heterocycles. The molecule has 0 bridgehead atoms. The number of carboxylic acids is 1. The molecule has 0 aliphatic rings. The Hall–Kier alpha value is -2.51. The molecule has 0 fully saturated rings. The van der Waals surface area contributed by atoms with Crippen LogP contribution in [0, 0.1) is 0 Å². The average molecular weight is 368 g/mol. The quantitative estimate of drug-likeness (QED) is 0.245. The maximum atomic E-state index is 11.6. The minimum atomic E-state index is -2.22. The SMILES string of the molecule is CCCCCCCCCCCC(=O)C(=O)C(=O)C(=O)C(=O)C(=O)C(=O)O. The molecule has 26 heavy (non-hydrogen) atoms. The van der Waals surface area contributed by atoms with E-state index in [2.05, 4.69) is 6.92 Å². The van der Waals surface area contributed by atoms with Gasteiger partial charge in [0.05, 0.1) is 0 Å². The second kappa shape index (κ2) is 12.8. The van der Waals surface area contributed by atoms with Gasteiger partial charge in [-0.3, -0.25) is 28.8 Å². The van der Waals surface area contributed by atoms with Crippen LogP contribution in [0.5, 0.6) is 0 Å². The molecule has 0 rings (SSSR count). The van der Waals surface area contributed by atoms with Crippen LogP contribution in [0.1, 0.15) is 71.1 Å². The van der Waals surface area contributed by atoms with Gasteiger partial charge in [-0.1, -0.05) is 58.3 Å². The summed E-state index contributed by atoms with van der Waals surface area (Å²) in [5, 5.41) is 8.29. The van der Waals surface area contributed by atoms with Crippen molar-refractivity contribution >= 4 is 40.7 Å². The number of ketones is 6. The Labute approximate surface area is 151 Å². The summed E-state index contributed by atoms with van der Waals surface area (Å²) in [6, 6.07) is 0. The van der Waals surface area contributed by atoms with E-state index in [0.29, 0.717) is 12.8 Å². The first-order valence-corrected chi connectivity index (χ1v) is 8.71. The molecule has 0 aliphatic heterocycles. The number of hydrogen-bond acceptors (Lipinski definition) is 7. The first kappa shape index (κ1) is 23.5. The molecule has 0 aromatic heterocycles. The molecule has 0 atom stereocenters. The van der Waals surface area contributed by atoms with Crippen LogP contribution < -0.4 is 0 Å². The molecular weight excluding hydrogens is 344 g/mol. The fraction of sp³-hybridized carbons (Fsp3) is 0.611. The van der Waals surface area contributed by atoms with E-state index in [4.69, 9.17) is 5.11 Å². The first-order valence-electron chi connectivity index (χ1n) is 8.71. The third-order valence-corrected chi connectivity index (χ3v) is 3.78. The summed E-state index contributed by atoms with van der Waals surface area (Å²) in [6.45, 7) is 2.14. The monoisotopic (exact) mass is 368 g/mol. The zero-order chi connectivity index (χ0) is 20.1. The number of carboxylic acid groups (broad SMARTS) is 1. The second-order valence-corrected chi connectivity index (χ2v) is 5.95. The molecule has 0 aliphatic carbocycles. The van der Waals surface area contributed by atoms with E-state index in [1.807, 2.05) is 0 Å². The van der Waals surface area contributed by atoms with Gasteiger partial charge in [0, 0.05) is 6.42 Å². The molecule has 8 nitrogen and oxygen atoms in total. The molecule has 0 aromatic carbocycles. The van der Waals surface area contributed by atoms with E-state index in [1.54, 1.807) is 0 Å². The van der Waals surface area contributed by atoms with E-state index in [1.165, 1.54) is 19.3 Å². The lowest BCUT2D eigenvalue weighted by molar-refractivity contribution is -0.157. The summed E-state index contributed by atoms with van der Waals surface area (Å²) >= 11 is 0. The van der Waals surface area contributed by atoms with Gasteiger partial charge in [0.25, 0.3) is 23.1 Å². The predicted octanol–water partition coefficient (Wildman–Crippen LogP) is 1.41. The molecule has 0 spiro atoms. The summed E-state index contributed by atoms with van der Waals surface area (Å²) in [7, 11) is 0. The first-order chi connectivity index (χ1) is 12.2. The van der Waals surface area contributed by atoms with Gasteiger partial charge in [-0.2, -0.15) is 0 Å². The van der Waals surface area contributed by atoms with E-state index in [9.17, 15) is 33.6 Å². The van der Waals surface area contributed by atoms with Crippen molar-refractivity contribution in [3.63, 3.8) is 0 Å². The Morgan fingerprint density at radius 3 is 1.38 bits per heavy atom. The second-order valence-electron chi connectivity index (χ2n) is 5.95. The largest absolute Gasteiger partial charge is 0.475 e. The van der Waals surface area contributed by atoms with Gasteiger partial charge in [-0.25, -0.2) is 4.79 Å². The zero-order valence-corrected chi connectivity index (χ0v) is 14.9. The van der Waals surface area contributed by atoms with Crippen LogP contribution in [0.25, 0.3) is 0 Å². The van der Waals surface area contributed by atoms with Crippen LogP contribution in [0.15, 0.2) is 0 Å². The Morgan fingerprint density at radius 2 is 0.923 bits per heavy atom. The molecule has 144 valence electrons. The van der Waals surface area contributed by atoms with Gasteiger partial charge in [-0.15, -0.1) is 0 Å². The van der Waals surface area contributed by atoms with Gasteiger partial charge in [0.15, 0.2) is 0 Å². The van der Waals surface area contributed by atoms with Gasteiger partial charge in [-0.05, 0) is 6.42 Å². The van der Waals surface area contributed by atoms with Gasteiger partial charge in [0.2, 0.25) is 5.78 Å². The van der Waals surface area contributed by atoms with Crippen molar-refractivity contribution in [1.82, 2.24) is 0 Å². The number of hydrogen-bond donors (Lipinski definition) is 1. The standard InChI is InChI=1S/C18H24O8/c1-2-3-4-5-6-7-8-9-10-11-12(19)13(20)14(21)15(22)16(23)17(24)18(25)26/h2-11H2,1H3,(H,25,26). The smallest absolute Gasteiger partial charge is 0.380 e. The van der Waals surface area contributed by atoms with Crippen LogP contribution in [-0.2, 0) is 33.6 Å². The predicted molar refractivity (Wildman–Crippen MR) is 89.5 cm³/mol. The average Bonchev–Trinajstić information content (AvgIpc) is 2.63. The molecule has 1 N–H and O–H groups in total. The van der Waals surface area contributed by atoms with Crippen LogP contribution in [0.2, 0.25) is 0 Å². The number of carbonyl (C=O) groups is 7. The minimum absolute atomic E-state index is 0.241. The van der Waals surface area contributed by atoms with Crippen molar-refractivity contribution in [2.24, 2.45) is 0 Å². The van der Waals surface area contributed by atoms with Crippen molar-refractivity contribution in [1.29, 1.82) is 0 Å². The summed E-state index contributed by atoms with van der Waals surface area (Å²) in [5.74, 6) is -13.4. The lowest BCUT2D eigenvalue weighted by Crippen LogP contribution is -2.40. The Kier molecular flexibility index (Phi) is 11.6. The minimum Gasteiger partial charge on any atom is -0.475 e. The summed E-state index contributed by atoms with van der Waals surface area (Å²) in [5.41, 5.74) is 0. The number of rotatable bonds is 16. The van der Waals surface area contributed by atoms with Crippen molar-refractivity contribution in [2.75, 3.05) is 0 Å². The van der Waals surface area contributed by atoms with Crippen molar-refractivity contribution < 1.29 is 38.7 Å². The number of aliphatic carboxylic acids is 1. The van der Waals surface area contributed by atoms with Crippen molar-refractivity contribution in [3.8, 4) is 0 Å². The number of carbonyl (C=O) groups excluding carboxylic acids is 6. The highest BCUT2D eigenvalue weighted by Gasteiger charge is 2.38. The third kappa shape index (κ3) is 8.55. The molecule has 0 unspecified atom stereocenters. The van der Waals surface area contributed by atoms with Crippen LogP contribution in [0.3, 0.4) is 0 Å². The van der Waals surface area contributed by atoms with Gasteiger partial charge < -0.3 is 5.11 Å². The van der Waals surface area contributed by atoms with E-state index in [0.717, 1.165) is 25.7 Å². The molecule has 0 saturated heterocycles. The molecule has 8 heteroatoms. The Balaban J connectivity index is 4.15. The van der Waals surface area contributed by atoms with Crippen LogP contribution >= 0.6 is 0 Å². The van der Waals surface area contributed by atoms with Crippen LogP contribution in [0.4, 0.5) is 0 Å². The van der Waals surface area contributed by atoms with E-state index < -0.39 is 40.7 Å². The molecule has 0 aromatic rings. The Morgan fingerprint density at radius 1 is 0.538 bits per heavy atom. The highest BCUT2D eigenvalue weighted by Crippen LogP contribution is 2.10. The fourth-order valence-corrected chi connectivity index (χ4v) is 2.24. The topological polar surface area (TPSA) is 140 Å². The molecule has 0 saturated carbocycles. The maximum absolute atomic E-state index is 11.6. The molecule has 0 amide bonds. The normalized spacial score (nSPS) is 10.2. The van der Waals surface area contributed by atoms with Crippen LogP contribution in [-0.4, -0.2) is 45.8 Å². The lowest BCUT2D eigenvalue weighted by atomic mass is 10.00. The van der Waals surface area contributed by atoms with E-state index >= 15 is 0 Å². The van der Waals surface area contributed by atoms with Crippen molar-refractivity contribution in [2.45, 2.75) is 71.1 Å². The van der Waals surface area contributed by atoms with Crippen molar-refractivity contribution in [3.05, 3.63) is 0 Å². The number of unbranched alkanes of at least 4 members (excludes halogenated alkanes) is 8. The highest BCUT2D eigenvalue weighted by molar-refractivity contribution is 6.95. The third-order valence-electron chi connectivity index (χ3n) is 3.78. The summed E-state index contributed by atoms with van der Waals surface area (Å²) in [6.07, 6.45) is 8.54. The van der Waals surface area contributed by atoms with Gasteiger partial charge in [0.1, 0.15) is 0 Å². The molecule has 0 radical (unpaired) electrons. The fourth-order valence-electron chi connectivity index (χ4n) is 2.24. The highest BCUT2D eigenvalue weighted by atomic mass is 16.4. The van der Waals surface area contributed by atoms with E-state index in [-0.39, 0.29) is 6.42 Å². The molecular formula is C18H24O8. The maximum Gasteiger partial charge on any atom is 0.380 e. The van der Waals surface area contributed by atoms with Gasteiger partial charge >= 0.3 is 11.8 Å². The summed E-state index contributed by atoms with van der Waals surface area (Å²) < 4.78 is 0. The summed E-state index contributed by atoms with van der Waals surface area (Å²) in [4.78, 5) is 78.1.